The van der Waals surface area contributed by atoms with E-state index in [1.165, 1.54) is 36.0 Å². The summed E-state index contributed by atoms with van der Waals surface area (Å²) in [5.41, 5.74) is 4.18. The SMILES string of the molecule is CCN(CCO)CC(Cl)c1ccc2c(c1)CCC2. The first-order chi connectivity index (χ1) is 8.74. The van der Waals surface area contributed by atoms with Crippen molar-refractivity contribution in [3.05, 3.63) is 34.9 Å². The summed E-state index contributed by atoms with van der Waals surface area (Å²) in [6.07, 6.45) is 3.69. The Morgan fingerprint density at radius 2 is 2.11 bits per heavy atom. The second-order valence-corrected chi connectivity index (χ2v) is 5.49. The molecule has 0 aromatic heterocycles. The molecule has 0 saturated heterocycles. The van der Waals surface area contributed by atoms with Crippen molar-refractivity contribution < 1.29 is 5.11 Å². The summed E-state index contributed by atoms with van der Waals surface area (Å²) in [5.74, 6) is 0. The summed E-state index contributed by atoms with van der Waals surface area (Å²) in [6, 6.07) is 6.66. The lowest BCUT2D eigenvalue weighted by atomic mass is 10.0. The maximum Gasteiger partial charge on any atom is 0.0712 e. The molecule has 0 saturated carbocycles. The summed E-state index contributed by atoms with van der Waals surface area (Å²) < 4.78 is 0. The van der Waals surface area contributed by atoms with Crippen molar-refractivity contribution in [2.24, 2.45) is 0 Å². The van der Waals surface area contributed by atoms with E-state index in [-0.39, 0.29) is 12.0 Å². The van der Waals surface area contributed by atoms with Crippen LogP contribution < -0.4 is 0 Å². The molecule has 1 aliphatic rings. The van der Waals surface area contributed by atoms with E-state index in [2.05, 4.69) is 30.0 Å². The number of aliphatic hydroxyl groups is 1. The van der Waals surface area contributed by atoms with Crippen LogP contribution in [-0.2, 0) is 12.8 Å². The molecule has 1 aromatic rings. The van der Waals surface area contributed by atoms with Crippen LogP contribution in [0.5, 0.6) is 0 Å². The normalized spacial score (nSPS) is 16.0. The first-order valence-corrected chi connectivity index (χ1v) is 7.27. The molecule has 1 aliphatic carbocycles. The Bertz CT molecular complexity index is 394. The van der Waals surface area contributed by atoms with Gasteiger partial charge in [0.15, 0.2) is 0 Å². The summed E-state index contributed by atoms with van der Waals surface area (Å²) >= 11 is 6.49. The molecule has 1 aromatic carbocycles. The van der Waals surface area contributed by atoms with Gasteiger partial charge in [-0.3, -0.25) is 4.90 Å². The predicted molar refractivity (Wildman–Crippen MR) is 76.3 cm³/mol. The van der Waals surface area contributed by atoms with Gasteiger partial charge in [0, 0.05) is 13.1 Å². The predicted octanol–water partition coefficient (Wildman–Crippen LogP) is 2.77. The van der Waals surface area contributed by atoms with Crippen LogP contribution in [0.3, 0.4) is 0 Å². The lowest BCUT2D eigenvalue weighted by Gasteiger charge is -2.22. The molecule has 0 heterocycles. The van der Waals surface area contributed by atoms with Crippen molar-refractivity contribution >= 4 is 11.6 Å². The number of hydrogen-bond donors (Lipinski definition) is 1. The number of aliphatic hydroxyl groups excluding tert-OH is 1. The quantitative estimate of drug-likeness (QED) is 0.802. The lowest BCUT2D eigenvalue weighted by molar-refractivity contribution is 0.202. The Labute approximate surface area is 115 Å². The number of fused-ring (bicyclic) bond motifs is 1. The molecule has 1 unspecified atom stereocenters. The first-order valence-electron chi connectivity index (χ1n) is 6.83. The summed E-state index contributed by atoms with van der Waals surface area (Å²) in [4.78, 5) is 2.19. The Morgan fingerprint density at radius 3 is 2.83 bits per heavy atom. The number of nitrogens with zero attached hydrogens (tertiary/aromatic N) is 1. The van der Waals surface area contributed by atoms with Crippen molar-refractivity contribution in [1.29, 1.82) is 0 Å². The minimum absolute atomic E-state index is 0.0161. The molecule has 0 fully saturated rings. The van der Waals surface area contributed by atoms with Crippen LogP contribution in [0.2, 0.25) is 0 Å². The second-order valence-electron chi connectivity index (χ2n) is 4.97. The second kappa shape index (κ2) is 6.55. The van der Waals surface area contributed by atoms with Crippen molar-refractivity contribution in [2.45, 2.75) is 31.6 Å². The average molecular weight is 268 g/mol. The standard InChI is InChI=1S/C15H22ClNO/c1-2-17(8-9-18)11-15(16)14-7-6-12-4-3-5-13(12)10-14/h6-7,10,15,18H,2-5,8-9,11H2,1H3. The number of aryl methyl sites for hydroxylation is 2. The number of likely N-dealkylation sites (N-methyl/N-ethyl adjacent to an activating group) is 1. The van der Waals surface area contributed by atoms with E-state index in [0.29, 0.717) is 6.54 Å². The summed E-state index contributed by atoms with van der Waals surface area (Å²) in [5, 5.41) is 9.01. The van der Waals surface area contributed by atoms with E-state index in [1.807, 2.05) is 0 Å². The van der Waals surface area contributed by atoms with Gasteiger partial charge < -0.3 is 5.11 Å². The fraction of sp³-hybridized carbons (Fsp3) is 0.600. The molecule has 0 bridgehead atoms. The highest BCUT2D eigenvalue weighted by atomic mass is 35.5. The number of rotatable bonds is 6. The van der Waals surface area contributed by atoms with E-state index < -0.39 is 0 Å². The van der Waals surface area contributed by atoms with E-state index in [1.54, 1.807) is 0 Å². The van der Waals surface area contributed by atoms with E-state index >= 15 is 0 Å². The molecule has 100 valence electrons. The van der Waals surface area contributed by atoms with Crippen LogP contribution in [0.1, 0.15) is 35.4 Å². The van der Waals surface area contributed by atoms with Crippen LogP contribution in [0, 0.1) is 0 Å². The Balaban J connectivity index is 2.02. The maximum atomic E-state index is 8.99. The number of halogens is 1. The van der Waals surface area contributed by atoms with E-state index in [0.717, 1.165) is 13.1 Å². The topological polar surface area (TPSA) is 23.5 Å². The highest BCUT2D eigenvalue weighted by Gasteiger charge is 2.16. The highest BCUT2D eigenvalue weighted by molar-refractivity contribution is 6.21. The van der Waals surface area contributed by atoms with Gasteiger partial charge in [0.25, 0.3) is 0 Å². The van der Waals surface area contributed by atoms with Crippen molar-refractivity contribution in [1.82, 2.24) is 4.90 Å². The van der Waals surface area contributed by atoms with Gasteiger partial charge >= 0.3 is 0 Å². The van der Waals surface area contributed by atoms with Gasteiger partial charge in [-0.05, 0) is 42.5 Å². The van der Waals surface area contributed by atoms with Crippen LogP contribution in [-0.4, -0.2) is 36.2 Å². The zero-order valence-electron chi connectivity index (χ0n) is 11.0. The summed E-state index contributed by atoms with van der Waals surface area (Å²) in [7, 11) is 0. The number of alkyl halides is 1. The fourth-order valence-corrected chi connectivity index (χ4v) is 2.97. The average Bonchev–Trinajstić information content (AvgIpc) is 2.85. The number of benzene rings is 1. The van der Waals surface area contributed by atoms with E-state index in [4.69, 9.17) is 16.7 Å². The number of hydrogen-bond acceptors (Lipinski definition) is 2. The minimum atomic E-state index is 0.0161. The molecule has 0 spiro atoms. The lowest BCUT2D eigenvalue weighted by Crippen LogP contribution is -2.29. The van der Waals surface area contributed by atoms with Crippen molar-refractivity contribution in [3.63, 3.8) is 0 Å². The molecular weight excluding hydrogens is 246 g/mol. The molecule has 0 radical (unpaired) electrons. The molecule has 2 nitrogen and oxygen atoms in total. The molecule has 3 heteroatoms. The molecular formula is C15H22ClNO. The maximum absolute atomic E-state index is 8.99. The third-order valence-corrected chi connectivity index (χ3v) is 4.16. The van der Waals surface area contributed by atoms with Crippen LogP contribution in [0.25, 0.3) is 0 Å². The van der Waals surface area contributed by atoms with Crippen molar-refractivity contribution in [2.75, 3.05) is 26.2 Å². The van der Waals surface area contributed by atoms with Crippen molar-refractivity contribution in [3.8, 4) is 0 Å². The molecule has 1 atom stereocenters. The Morgan fingerprint density at radius 1 is 1.33 bits per heavy atom. The molecule has 18 heavy (non-hydrogen) atoms. The van der Waals surface area contributed by atoms with Gasteiger partial charge in [0.2, 0.25) is 0 Å². The minimum Gasteiger partial charge on any atom is -0.395 e. The van der Waals surface area contributed by atoms with Gasteiger partial charge in [0.05, 0.1) is 12.0 Å². The zero-order valence-corrected chi connectivity index (χ0v) is 11.8. The smallest absolute Gasteiger partial charge is 0.0712 e. The van der Waals surface area contributed by atoms with E-state index in [9.17, 15) is 0 Å². The van der Waals surface area contributed by atoms with Crippen LogP contribution in [0.15, 0.2) is 18.2 Å². The monoisotopic (exact) mass is 267 g/mol. The molecule has 2 rings (SSSR count). The highest BCUT2D eigenvalue weighted by Crippen LogP contribution is 2.28. The van der Waals surface area contributed by atoms with Gasteiger partial charge in [0.1, 0.15) is 0 Å². The molecule has 0 amide bonds. The fourth-order valence-electron chi connectivity index (χ4n) is 2.64. The van der Waals surface area contributed by atoms with Gasteiger partial charge in [-0.2, -0.15) is 0 Å². The third kappa shape index (κ3) is 3.25. The Kier molecular flexibility index (Phi) is 5.04. The largest absolute Gasteiger partial charge is 0.395 e. The van der Waals surface area contributed by atoms with Gasteiger partial charge in [-0.15, -0.1) is 11.6 Å². The zero-order chi connectivity index (χ0) is 13.0. The summed E-state index contributed by atoms with van der Waals surface area (Å²) in [6.45, 7) is 4.72. The first kappa shape index (κ1) is 13.9. The van der Waals surface area contributed by atoms with Gasteiger partial charge in [-0.1, -0.05) is 25.1 Å². The van der Waals surface area contributed by atoms with Crippen LogP contribution >= 0.6 is 11.6 Å². The van der Waals surface area contributed by atoms with Gasteiger partial charge in [-0.25, -0.2) is 0 Å². The molecule has 0 aliphatic heterocycles. The molecule has 1 N–H and O–H groups in total. The van der Waals surface area contributed by atoms with Crippen LogP contribution in [0.4, 0.5) is 0 Å². The third-order valence-electron chi connectivity index (χ3n) is 3.77. The Hall–Kier alpha value is -0.570.